The Hall–Kier alpha value is -0.0400. The summed E-state index contributed by atoms with van der Waals surface area (Å²) in [6.45, 7) is 4.41. The Balaban J connectivity index is 1.88. The molecule has 12 heavy (non-hydrogen) atoms. The van der Waals surface area contributed by atoms with Gasteiger partial charge in [0.2, 0.25) is 0 Å². The first-order valence-corrected chi connectivity index (χ1v) is 5.42. The summed E-state index contributed by atoms with van der Waals surface area (Å²) in [6, 6.07) is 0. The largest absolute Gasteiger partial charge is 0.381 e. The Bertz CT molecular complexity index is 137. The number of hydrogen-bond acceptors (Lipinski definition) is 1. The highest BCUT2D eigenvalue weighted by Crippen LogP contribution is 2.45. The predicted molar refractivity (Wildman–Crippen MR) is 50.1 cm³/mol. The standard InChI is InChI=1S/C11H20O/c1-2-10-3-5-11(6-4-10)7-8-12-9-11/h10H,2-9H2,1H3. The monoisotopic (exact) mass is 168 g/mol. The molecule has 0 aromatic carbocycles. The van der Waals surface area contributed by atoms with Crippen LogP contribution in [0.2, 0.25) is 0 Å². The molecular weight excluding hydrogens is 148 g/mol. The van der Waals surface area contributed by atoms with Crippen LogP contribution in [0.3, 0.4) is 0 Å². The first-order valence-electron chi connectivity index (χ1n) is 5.42. The summed E-state index contributed by atoms with van der Waals surface area (Å²) >= 11 is 0. The van der Waals surface area contributed by atoms with Gasteiger partial charge in [-0.1, -0.05) is 13.3 Å². The summed E-state index contributed by atoms with van der Waals surface area (Å²) in [6.07, 6.45) is 8.51. The van der Waals surface area contributed by atoms with E-state index in [1.807, 2.05) is 0 Å². The average Bonchev–Trinajstić information content (AvgIpc) is 2.55. The van der Waals surface area contributed by atoms with Crippen LogP contribution in [0.1, 0.15) is 45.4 Å². The molecule has 0 aromatic rings. The molecule has 0 aromatic heterocycles. The lowest BCUT2D eigenvalue weighted by atomic mass is 9.69. The second-order valence-electron chi connectivity index (χ2n) is 4.65. The van der Waals surface area contributed by atoms with Crippen molar-refractivity contribution in [1.82, 2.24) is 0 Å². The molecule has 1 heteroatoms. The van der Waals surface area contributed by atoms with Crippen LogP contribution in [0.4, 0.5) is 0 Å². The second kappa shape index (κ2) is 3.37. The van der Waals surface area contributed by atoms with E-state index in [1.54, 1.807) is 0 Å². The molecule has 0 unspecified atom stereocenters. The number of rotatable bonds is 1. The van der Waals surface area contributed by atoms with E-state index in [0.29, 0.717) is 5.41 Å². The summed E-state index contributed by atoms with van der Waals surface area (Å²) in [5, 5.41) is 0. The van der Waals surface area contributed by atoms with Crippen LogP contribution < -0.4 is 0 Å². The highest BCUT2D eigenvalue weighted by atomic mass is 16.5. The van der Waals surface area contributed by atoms with Gasteiger partial charge in [0.05, 0.1) is 6.61 Å². The number of hydrogen-bond donors (Lipinski definition) is 0. The van der Waals surface area contributed by atoms with E-state index in [9.17, 15) is 0 Å². The zero-order valence-corrected chi connectivity index (χ0v) is 8.14. The van der Waals surface area contributed by atoms with E-state index in [2.05, 4.69) is 6.92 Å². The van der Waals surface area contributed by atoms with Gasteiger partial charge < -0.3 is 4.74 Å². The molecule has 2 fully saturated rings. The van der Waals surface area contributed by atoms with Gasteiger partial charge >= 0.3 is 0 Å². The maximum Gasteiger partial charge on any atom is 0.0523 e. The Morgan fingerprint density at radius 2 is 2.00 bits per heavy atom. The second-order valence-corrected chi connectivity index (χ2v) is 4.65. The summed E-state index contributed by atoms with van der Waals surface area (Å²) in [4.78, 5) is 0. The summed E-state index contributed by atoms with van der Waals surface area (Å²) in [7, 11) is 0. The van der Waals surface area contributed by atoms with Crippen molar-refractivity contribution >= 4 is 0 Å². The molecule has 70 valence electrons. The fourth-order valence-electron chi connectivity index (χ4n) is 2.74. The van der Waals surface area contributed by atoms with Crippen LogP contribution in [0.5, 0.6) is 0 Å². The van der Waals surface area contributed by atoms with Crippen molar-refractivity contribution in [2.45, 2.75) is 45.4 Å². The average molecular weight is 168 g/mol. The molecule has 1 saturated heterocycles. The van der Waals surface area contributed by atoms with Crippen molar-refractivity contribution in [3.8, 4) is 0 Å². The smallest absolute Gasteiger partial charge is 0.0523 e. The zero-order valence-electron chi connectivity index (χ0n) is 8.14. The maximum absolute atomic E-state index is 5.51. The quantitative estimate of drug-likeness (QED) is 0.585. The Morgan fingerprint density at radius 3 is 2.50 bits per heavy atom. The van der Waals surface area contributed by atoms with Gasteiger partial charge in [-0.25, -0.2) is 0 Å². The van der Waals surface area contributed by atoms with Crippen LogP contribution in [-0.4, -0.2) is 13.2 Å². The third kappa shape index (κ3) is 1.52. The summed E-state index contributed by atoms with van der Waals surface area (Å²) < 4.78 is 5.51. The molecule has 0 bridgehead atoms. The lowest BCUT2D eigenvalue weighted by Gasteiger charge is -2.35. The normalized spacial score (nSPS) is 42.2. The Morgan fingerprint density at radius 1 is 1.25 bits per heavy atom. The highest BCUT2D eigenvalue weighted by Gasteiger charge is 2.37. The van der Waals surface area contributed by atoms with E-state index in [1.165, 1.54) is 38.5 Å². The van der Waals surface area contributed by atoms with Gasteiger partial charge in [0.1, 0.15) is 0 Å². The van der Waals surface area contributed by atoms with Gasteiger partial charge in [-0.15, -0.1) is 0 Å². The minimum atomic E-state index is 0.631. The zero-order chi connectivity index (χ0) is 8.44. The molecule has 1 nitrogen and oxygen atoms in total. The van der Waals surface area contributed by atoms with E-state index >= 15 is 0 Å². The maximum atomic E-state index is 5.51. The molecule has 1 saturated carbocycles. The van der Waals surface area contributed by atoms with Crippen molar-refractivity contribution in [2.24, 2.45) is 11.3 Å². The van der Waals surface area contributed by atoms with Crippen LogP contribution >= 0.6 is 0 Å². The molecule has 0 amide bonds. The minimum absolute atomic E-state index is 0.631. The third-order valence-electron chi connectivity index (χ3n) is 3.93. The van der Waals surface area contributed by atoms with E-state index in [0.717, 1.165) is 19.1 Å². The van der Waals surface area contributed by atoms with Crippen LogP contribution in [0, 0.1) is 11.3 Å². The van der Waals surface area contributed by atoms with Crippen molar-refractivity contribution in [3.63, 3.8) is 0 Å². The van der Waals surface area contributed by atoms with Crippen molar-refractivity contribution in [2.75, 3.05) is 13.2 Å². The number of ether oxygens (including phenoxy) is 1. The molecule has 2 rings (SSSR count). The molecule has 1 spiro atoms. The van der Waals surface area contributed by atoms with E-state index in [4.69, 9.17) is 4.74 Å². The molecule has 1 aliphatic carbocycles. The van der Waals surface area contributed by atoms with Gasteiger partial charge in [0.15, 0.2) is 0 Å². The minimum Gasteiger partial charge on any atom is -0.381 e. The van der Waals surface area contributed by atoms with Crippen LogP contribution in [0.25, 0.3) is 0 Å². The summed E-state index contributed by atoms with van der Waals surface area (Å²) in [5.41, 5.74) is 0.631. The molecule has 0 N–H and O–H groups in total. The molecule has 1 aliphatic heterocycles. The van der Waals surface area contributed by atoms with Gasteiger partial charge in [0.25, 0.3) is 0 Å². The molecule has 0 radical (unpaired) electrons. The molecular formula is C11H20O. The van der Waals surface area contributed by atoms with Crippen LogP contribution in [0.15, 0.2) is 0 Å². The van der Waals surface area contributed by atoms with Gasteiger partial charge in [-0.3, -0.25) is 0 Å². The third-order valence-corrected chi connectivity index (χ3v) is 3.93. The van der Waals surface area contributed by atoms with Gasteiger partial charge in [0, 0.05) is 6.61 Å². The first-order chi connectivity index (χ1) is 5.85. The fraction of sp³-hybridized carbons (Fsp3) is 1.00. The van der Waals surface area contributed by atoms with Crippen LogP contribution in [-0.2, 0) is 4.74 Å². The Labute approximate surface area is 75.5 Å². The first kappa shape index (κ1) is 8.55. The Kier molecular flexibility index (Phi) is 2.40. The lowest BCUT2D eigenvalue weighted by Crippen LogP contribution is -2.27. The fourth-order valence-corrected chi connectivity index (χ4v) is 2.74. The topological polar surface area (TPSA) is 9.23 Å². The van der Waals surface area contributed by atoms with E-state index < -0.39 is 0 Å². The van der Waals surface area contributed by atoms with Crippen molar-refractivity contribution in [1.29, 1.82) is 0 Å². The van der Waals surface area contributed by atoms with Gasteiger partial charge in [-0.2, -0.15) is 0 Å². The van der Waals surface area contributed by atoms with Gasteiger partial charge in [-0.05, 0) is 43.4 Å². The highest BCUT2D eigenvalue weighted by molar-refractivity contribution is 4.87. The molecule has 0 atom stereocenters. The predicted octanol–water partition coefficient (Wildman–Crippen LogP) is 2.99. The summed E-state index contributed by atoms with van der Waals surface area (Å²) in [5.74, 6) is 1.02. The molecule has 1 heterocycles. The van der Waals surface area contributed by atoms with E-state index in [-0.39, 0.29) is 0 Å². The van der Waals surface area contributed by atoms with Crippen molar-refractivity contribution in [3.05, 3.63) is 0 Å². The van der Waals surface area contributed by atoms with Crippen molar-refractivity contribution < 1.29 is 4.74 Å². The molecule has 2 aliphatic rings. The lowest BCUT2D eigenvalue weighted by molar-refractivity contribution is 0.104. The SMILES string of the molecule is CCC1CCC2(CCOC2)CC1.